The van der Waals surface area contributed by atoms with Gasteiger partial charge in [-0.05, 0) is 42.7 Å². The summed E-state index contributed by atoms with van der Waals surface area (Å²) in [6.45, 7) is 2.19. The van der Waals surface area contributed by atoms with Crippen LogP contribution in [-0.2, 0) is 16.0 Å². The maximum Gasteiger partial charge on any atom is 0.291 e. The Morgan fingerprint density at radius 1 is 0.971 bits per heavy atom. The lowest BCUT2D eigenvalue weighted by Gasteiger charge is -2.27. The number of nitrogens with one attached hydrogen (secondary N) is 1. The van der Waals surface area contributed by atoms with E-state index in [2.05, 4.69) is 4.98 Å². The minimum atomic E-state index is -1.30. The number of hydrogen-bond acceptors (Lipinski definition) is 3. The maximum absolute atomic E-state index is 14.4. The van der Waals surface area contributed by atoms with Crippen molar-refractivity contribution in [3.05, 3.63) is 107 Å². The van der Waals surface area contributed by atoms with Crippen molar-refractivity contribution in [2.45, 2.75) is 19.4 Å². The van der Waals surface area contributed by atoms with Gasteiger partial charge in [-0.25, -0.2) is 4.39 Å². The van der Waals surface area contributed by atoms with Gasteiger partial charge in [0.1, 0.15) is 11.7 Å². The minimum Gasteiger partial charge on any atom is -0.361 e. The largest absolute Gasteiger partial charge is 0.361 e. The molecule has 1 aliphatic rings. The first-order chi connectivity index (χ1) is 16.5. The zero-order valence-electron chi connectivity index (χ0n) is 18.6. The minimum absolute atomic E-state index is 0.177. The molecule has 5 rings (SSSR count). The molecule has 2 unspecified atom stereocenters. The molecule has 2 heterocycles. The number of Topliss-reactive ketones (excluding diaryl/α,β-unsaturated/α-hetero) is 2. The molecule has 170 valence electrons. The number of rotatable bonds is 6. The quantitative estimate of drug-likeness (QED) is 0.258. The highest BCUT2D eigenvalue weighted by atomic mass is 19.1. The highest BCUT2D eigenvalue weighted by molar-refractivity contribution is 6.44. The molecular formula is C28H23FN2O3. The standard InChI is InChI=1S/C28H23FN2O3/c1-17-10-12-18(13-11-17)25-24(26(32)21-7-2-4-8-22(21)29)27(33)28(34)31(25)15-14-19-16-30-23-9-5-3-6-20(19)23/h2-13,16,24-25,30H,14-15H2,1H3. The average Bonchev–Trinajstić information content (AvgIpc) is 3.37. The molecule has 1 fully saturated rings. The number of aryl methyl sites for hydroxylation is 1. The molecule has 0 saturated carbocycles. The van der Waals surface area contributed by atoms with Crippen molar-refractivity contribution in [1.29, 1.82) is 0 Å². The molecule has 0 aliphatic carbocycles. The van der Waals surface area contributed by atoms with E-state index in [4.69, 9.17) is 0 Å². The molecule has 1 aliphatic heterocycles. The summed E-state index contributed by atoms with van der Waals surface area (Å²) in [5.74, 6) is -4.17. The highest BCUT2D eigenvalue weighted by Gasteiger charge is 2.51. The van der Waals surface area contributed by atoms with Gasteiger partial charge in [0.2, 0.25) is 5.78 Å². The average molecular weight is 455 g/mol. The summed E-state index contributed by atoms with van der Waals surface area (Å²) >= 11 is 0. The normalized spacial score (nSPS) is 18.1. The van der Waals surface area contributed by atoms with Crippen molar-refractivity contribution in [2.24, 2.45) is 5.92 Å². The smallest absolute Gasteiger partial charge is 0.291 e. The van der Waals surface area contributed by atoms with Gasteiger partial charge in [0, 0.05) is 23.6 Å². The van der Waals surface area contributed by atoms with E-state index in [0.29, 0.717) is 12.0 Å². The third-order valence-corrected chi connectivity index (χ3v) is 6.54. The van der Waals surface area contributed by atoms with Gasteiger partial charge in [-0.15, -0.1) is 0 Å². The first-order valence-electron chi connectivity index (χ1n) is 11.2. The molecule has 0 radical (unpaired) electrons. The van der Waals surface area contributed by atoms with Crippen LogP contribution in [0.5, 0.6) is 0 Å². The van der Waals surface area contributed by atoms with Crippen LogP contribution in [0.4, 0.5) is 4.39 Å². The van der Waals surface area contributed by atoms with Crippen LogP contribution >= 0.6 is 0 Å². The zero-order chi connectivity index (χ0) is 23.8. The van der Waals surface area contributed by atoms with Gasteiger partial charge in [-0.3, -0.25) is 14.4 Å². The fourth-order valence-corrected chi connectivity index (χ4v) is 4.77. The van der Waals surface area contributed by atoms with Gasteiger partial charge in [0.05, 0.1) is 11.6 Å². The Morgan fingerprint density at radius 2 is 1.68 bits per heavy atom. The predicted octanol–water partition coefficient (Wildman–Crippen LogP) is 4.81. The summed E-state index contributed by atoms with van der Waals surface area (Å²) in [6, 6.07) is 20.1. The Hall–Kier alpha value is -4.06. The third kappa shape index (κ3) is 3.71. The van der Waals surface area contributed by atoms with E-state index in [-0.39, 0.29) is 12.1 Å². The number of nitrogens with zero attached hydrogens (tertiary/aromatic N) is 1. The van der Waals surface area contributed by atoms with Crippen LogP contribution in [0.25, 0.3) is 10.9 Å². The number of halogens is 1. The van der Waals surface area contributed by atoms with Crippen LogP contribution in [0.1, 0.15) is 33.1 Å². The predicted molar refractivity (Wildman–Crippen MR) is 127 cm³/mol. The van der Waals surface area contributed by atoms with E-state index in [1.54, 1.807) is 6.07 Å². The molecule has 1 N–H and O–H groups in total. The second-order valence-electron chi connectivity index (χ2n) is 8.65. The van der Waals surface area contributed by atoms with Crippen LogP contribution in [0.2, 0.25) is 0 Å². The number of likely N-dealkylation sites (tertiary alicyclic amines) is 1. The van der Waals surface area contributed by atoms with E-state index >= 15 is 0 Å². The molecule has 5 nitrogen and oxygen atoms in total. The van der Waals surface area contributed by atoms with E-state index in [1.807, 2.05) is 61.7 Å². The molecule has 3 aromatic carbocycles. The van der Waals surface area contributed by atoms with Gasteiger partial charge in [-0.1, -0.05) is 60.2 Å². The van der Waals surface area contributed by atoms with E-state index in [9.17, 15) is 18.8 Å². The first-order valence-corrected chi connectivity index (χ1v) is 11.2. The molecule has 1 saturated heterocycles. The summed E-state index contributed by atoms with van der Waals surface area (Å²) in [5, 5.41) is 1.05. The Balaban J connectivity index is 1.52. The summed E-state index contributed by atoms with van der Waals surface area (Å²) in [7, 11) is 0. The number of carbonyl (C=O) groups is 3. The van der Waals surface area contributed by atoms with Crippen molar-refractivity contribution in [3.8, 4) is 0 Å². The van der Waals surface area contributed by atoms with Crippen molar-refractivity contribution < 1.29 is 18.8 Å². The molecular weight excluding hydrogens is 431 g/mol. The van der Waals surface area contributed by atoms with Gasteiger partial charge in [0.15, 0.2) is 5.78 Å². The zero-order valence-corrected chi connectivity index (χ0v) is 18.6. The number of benzene rings is 3. The molecule has 1 amide bonds. The SMILES string of the molecule is Cc1ccc(C2C(C(=O)c3ccccc3F)C(=O)C(=O)N2CCc2c[nH]c3ccccc23)cc1. The Morgan fingerprint density at radius 3 is 2.44 bits per heavy atom. The van der Waals surface area contributed by atoms with Crippen LogP contribution in [0.15, 0.2) is 79.0 Å². The second kappa shape index (κ2) is 8.71. The van der Waals surface area contributed by atoms with Crippen molar-refractivity contribution in [2.75, 3.05) is 6.54 Å². The van der Waals surface area contributed by atoms with Crippen molar-refractivity contribution >= 4 is 28.4 Å². The van der Waals surface area contributed by atoms with Crippen LogP contribution in [-0.4, -0.2) is 33.9 Å². The van der Waals surface area contributed by atoms with E-state index in [1.165, 1.54) is 23.1 Å². The highest BCUT2D eigenvalue weighted by Crippen LogP contribution is 2.39. The molecule has 6 heteroatoms. The fraction of sp³-hybridized carbons (Fsp3) is 0.179. The number of aromatic amines is 1. The summed E-state index contributed by atoms with van der Waals surface area (Å²) in [6.07, 6.45) is 2.40. The number of amides is 1. The number of carbonyl (C=O) groups excluding carboxylic acids is 3. The molecule has 1 aromatic heterocycles. The molecule has 0 spiro atoms. The van der Waals surface area contributed by atoms with Crippen molar-refractivity contribution in [1.82, 2.24) is 9.88 Å². The molecule has 2 atom stereocenters. The topological polar surface area (TPSA) is 70.2 Å². The molecule has 34 heavy (non-hydrogen) atoms. The number of ketones is 2. The summed E-state index contributed by atoms with van der Waals surface area (Å²) in [4.78, 5) is 44.3. The molecule has 0 bridgehead atoms. The lowest BCUT2D eigenvalue weighted by molar-refractivity contribution is -0.140. The lowest BCUT2D eigenvalue weighted by atomic mass is 9.86. The Labute approximate surface area is 196 Å². The van der Waals surface area contributed by atoms with Gasteiger partial charge in [0.25, 0.3) is 5.91 Å². The van der Waals surface area contributed by atoms with Crippen LogP contribution < -0.4 is 0 Å². The third-order valence-electron chi connectivity index (χ3n) is 6.54. The van der Waals surface area contributed by atoms with E-state index in [0.717, 1.165) is 22.0 Å². The number of hydrogen-bond donors (Lipinski definition) is 1. The lowest BCUT2D eigenvalue weighted by Crippen LogP contribution is -2.32. The Kier molecular flexibility index (Phi) is 5.57. The first kappa shape index (κ1) is 21.8. The van der Waals surface area contributed by atoms with Crippen LogP contribution in [0.3, 0.4) is 0 Å². The maximum atomic E-state index is 14.4. The second-order valence-corrected chi connectivity index (χ2v) is 8.65. The molecule has 4 aromatic rings. The van der Waals surface area contributed by atoms with Gasteiger partial charge in [-0.2, -0.15) is 0 Å². The summed E-state index contributed by atoms with van der Waals surface area (Å²) in [5.41, 5.74) is 3.52. The Bertz CT molecular complexity index is 1410. The van der Waals surface area contributed by atoms with Gasteiger partial charge < -0.3 is 9.88 Å². The van der Waals surface area contributed by atoms with E-state index < -0.39 is 35.3 Å². The van der Waals surface area contributed by atoms with Crippen LogP contribution in [0, 0.1) is 18.7 Å². The van der Waals surface area contributed by atoms with Crippen molar-refractivity contribution in [3.63, 3.8) is 0 Å². The number of aromatic nitrogens is 1. The number of para-hydroxylation sites is 1. The van der Waals surface area contributed by atoms with Gasteiger partial charge >= 0.3 is 0 Å². The summed E-state index contributed by atoms with van der Waals surface area (Å²) < 4.78 is 14.4. The number of H-pyrrole nitrogens is 1. The number of fused-ring (bicyclic) bond motifs is 1. The fourth-order valence-electron chi connectivity index (χ4n) is 4.77. The monoisotopic (exact) mass is 454 g/mol.